The first kappa shape index (κ1) is 18.0. The minimum Gasteiger partial charge on any atom is -0.477 e. The van der Waals surface area contributed by atoms with Crippen molar-refractivity contribution in [3.05, 3.63) is 68.2 Å². The van der Waals surface area contributed by atoms with E-state index in [2.05, 4.69) is 0 Å². The molecule has 0 radical (unpaired) electrons. The predicted molar refractivity (Wildman–Crippen MR) is 91.5 cm³/mol. The highest BCUT2D eigenvalue weighted by atomic mass is 35.5. The fraction of sp³-hybridized carbons (Fsp3) is 0.188. The van der Waals surface area contributed by atoms with E-state index in [0.29, 0.717) is 15.6 Å². The number of hydrogen-bond acceptors (Lipinski definition) is 4. The molecule has 0 aliphatic heterocycles. The minimum atomic E-state index is -0.560. The average molecular weight is 369 g/mol. The van der Waals surface area contributed by atoms with Crippen molar-refractivity contribution in [2.75, 3.05) is 13.7 Å². The summed E-state index contributed by atoms with van der Waals surface area (Å²) in [6.07, 6.45) is 0. The molecule has 2 aromatic rings. The van der Waals surface area contributed by atoms with E-state index in [-0.39, 0.29) is 30.5 Å². The number of benzene rings is 2. The molecule has 0 unspecified atom stereocenters. The largest absolute Gasteiger partial charge is 0.477 e. The zero-order valence-electron chi connectivity index (χ0n) is 12.7. The number of nitro benzene ring substituents is 1. The molecule has 0 aliphatic rings. The Labute approximate surface area is 148 Å². The Morgan fingerprint density at radius 3 is 2.62 bits per heavy atom. The van der Waals surface area contributed by atoms with Crippen LogP contribution in [0.15, 0.2) is 42.5 Å². The van der Waals surface area contributed by atoms with E-state index in [0.717, 1.165) is 0 Å². The lowest BCUT2D eigenvalue weighted by molar-refractivity contribution is -0.385. The van der Waals surface area contributed by atoms with Gasteiger partial charge in [-0.3, -0.25) is 14.9 Å². The third-order valence-electron chi connectivity index (χ3n) is 3.28. The van der Waals surface area contributed by atoms with Crippen LogP contribution in [0.1, 0.15) is 5.56 Å². The molecule has 8 heteroatoms. The molecule has 0 heterocycles. The third kappa shape index (κ3) is 4.37. The summed E-state index contributed by atoms with van der Waals surface area (Å²) in [5, 5.41) is 11.7. The van der Waals surface area contributed by atoms with Crippen molar-refractivity contribution >= 4 is 34.8 Å². The summed E-state index contributed by atoms with van der Waals surface area (Å²) >= 11 is 12.0. The second-order valence-corrected chi connectivity index (χ2v) is 5.76. The number of carbonyl (C=O) groups is 1. The molecule has 0 N–H and O–H groups in total. The van der Waals surface area contributed by atoms with E-state index in [4.69, 9.17) is 27.9 Å². The molecule has 0 spiro atoms. The molecule has 1 amide bonds. The number of amides is 1. The Bertz CT molecular complexity index is 767. The Morgan fingerprint density at radius 1 is 1.21 bits per heavy atom. The number of ether oxygens (including phenoxy) is 1. The van der Waals surface area contributed by atoms with Gasteiger partial charge in [-0.1, -0.05) is 47.5 Å². The fourth-order valence-electron chi connectivity index (χ4n) is 1.99. The predicted octanol–water partition coefficient (Wildman–Crippen LogP) is 3.94. The van der Waals surface area contributed by atoms with Crippen LogP contribution in [0.4, 0.5) is 5.69 Å². The number of carbonyl (C=O) groups excluding carboxylic acids is 1. The van der Waals surface area contributed by atoms with Gasteiger partial charge >= 0.3 is 5.69 Å². The van der Waals surface area contributed by atoms with Crippen LogP contribution in [-0.2, 0) is 11.3 Å². The third-order valence-corrected chi connectivity index (χ3v) is 4.14. The van der Waals surface area contributed by atoms with Crippen molar-refractivity contribution in [2.45, 2.75) is 6.54 Å². The minimum absolute atomic E-state index is 0.0463. The van der Waals surface area contributed by atoms with Gasteiger partial charge in [0, 0.05) is 19.7 Å². The zero-order chi connectivity index (χ0) is 17.7. The number of hydrogen-bond donors (Lipinski definition) is 0. The second-order valence-electron chi connectivity index (χ2n) is 4.98. The van der Waals surface area contributed by atoms with Crippen molar-refractivity contribution in [1.82, 2.24) is 4.90 Å². The lowest BCUT2D eigenvalue weighted by atomic mass is 10.2. The monoisotopic (exact) mass is 368 g/mol. The summed E-state index contributed by atoms with van der Waals surface area (Å²) in [4.78, 5) is 23.9. The highest BCUT2D eigenvalue weighted by Crippen LogP contribution is 2.27. The van der Waals surface area contributed by atoms with Crippen LogP contribution in [0.3, 0.4) is 0 Å². The Hall–Kier alpha value is -2.31. The van der Waals surface area contributed by atoms with Gasteiger partial charge in [-0.05, 0) is 17.7 Å². The van der Waals surface area contributed by atoms with E-state index >= 15 is 0 Å². The molecule has 0 saturated heterocycles. The Morgan fingerprint density at radius 2 is 1.92 bits per heavy atom. The van der Waals surface area contributed by atoms with Crippen LogP contribution in [0.2, 0.25) is 10.0 Å². The molecule has 0 atom stereocenters. The standard InChI is InChI=1S/C16H14Cl2N2O4/c1-19(9-11-5-4-6-12(17)16(11)18)15(21)10-24-14-8-3-2-7-13(14)20(22)23/h2-8H,9-10H2,1H3. The van der Waals surface area contributed by atoms with E-state index in [1.165, 1.54) is 23.1 Å². The van der Waals surface area contributed by atoms with Crippen molar-refractivity contribution in [3.63, 3.8) is 0 Å². The van der Waals surface area contributed by atoms with Gasteiger partial charge in [-0.25, -0.2) is 0 Å². The maximum atomic E-state index is 12.2. The molecule has 24 heavy (non-hydrogen) atoms. The smallest absolute Gasteiger partial charge is 0.310 e. The molecule has 0 fully saturated rings. The summed E-state index contributed by atoms with van der Waals surface area (Å²) in [6, 6.07) is 11.1. The molecule has 0 saturated carbocycles. The molecule has 6 nitrogen and oxygen atoms in total. The number of nitro groups is 1. The van der Waals surface area contributed by atoms with E-state index in [1.54, 1.807) is 31.3 Å². The van der Waals surface area contributed by atoms with Gasteiger partial charge in [0.15, 0.2) is 12.4 Å². The Balaban J connectivity index is 2.00. The van der Waals surface area contributed by atoms with Crippen molar-refractivity contribution in [2.24, 2.45) is 0 Å². The second kappa shape index (κ2) is 7.99. The molecular formula is C16H14Cl2N2O4. The number of nitrogens with zero attached hydrogens (tertiary/aromatic N) is 2. The van der Waals surface area contributed by atoms with Gasteiger partial charge in [0.2, 0.25) is 0 Å². The number of para-hydroxylation sites is 2. The number of halogens is 2. The van der Waals surface area contributed by atoms with E-state index in [9.17, 15) is 14.9 Å². The first-order valence-electron chi connectivity index (χ1n) is 6.93. The first-order valence-corrected chi connectivity index (χ1v) is 7.69. The van der Waals surface area contributed by atoms with Crippen molar-refractivity contribution < 1.29 is 14.5 Å². The van der Waals surface area contributed by atoms with E-state index in [1.807, 2.05) is 0 Å². The van der Waals surface area contributed by atoms with Gasteiger partial charge < -0.3 is 9.64 Å². The lowest BCUT2D eigenvalue weighted by Gasteiger charge is -2.18. The quantitative estimate of drug-likeness (QED) is 0.571. The topological polar surface area (TPSA) is 72.7 Å². The van der Waals surface area contributed by atoms with Crippen molar-refractivity contribution in [3.8, 4) is 5.75 Å². The van der Waals surface area contributed by atoms with Crippen LogP contribution < -0.4 is 4.74 Å². The van der Waals surface area contributed by atoms with Crippen LogP contribution >= 0.6 is 23.2 Å². The maximum Gasteiger partial charge on any atom is 0.310 e. The van der Waals surface area contributed by atoms with Crippen LogP contribution in [0.25, 0.3) is 0 Å². The summed E-state index contributed by atoms with van der Waals surface area (Å²) in [5.74, 6) is -0.297. The van der Waals surface area contributed by atoms with Gasteiger partial charge in [-0.15, -0.1) is 0 Å². The Kier molecular flexibility index (Phi) is 6.00. The highest BCUT2D eigenvalue weighted by molar-refractivity contribution is 6.42. The van der Waals surface area contributed by atoms with Gasteiger partial charge in [0.1, 0.15) is 0 Å². The van der Waals surface area contributed by atoms with Gasteiger partial charge in [0.05, 0.1) is 15.0 Å². The molecule has 0 aromatic heterocycles. The van der Waals surface area contributed by atoms with E-state index < -0.39 is 4.92 Å². The number of likely N-dealkylation sites (N-methyl/N-ethyl adjacent to an activating group) is 1. The fourth-order valence-corrected chi connectivity index (χ4v) is 2.37. The first-order chi connectivity index (χ1) is 11.4. The van der Waals surface area contributed by atoms with Gasteiger partial charge in [-0.2, -0.15) is 0 Å². The highest BCUT2D eigenvalue weighted by Gasteiger charge is 2.17. The molecule has 2 aromatic carbocycles. The molecule has 126 valence electrons. The van der Waals surface area contributed by atoms with Crippen LogP contribution in [0.5, 0.6) is 5.75 Å². The lowest BCUT2D eigenvalue weighted by Crippen LogP contribution is -2.31. The number of rotatable bonds is 6. The summed E-state index contributed by atoms with van der Waals surface area (Å²) in [5.41, 5.74) is 0.511. The van der Waals surface area contributed by atoms with Crippen LogP contribution in [-0.4, -0.2) is 29.4 Å². The molecule has 2 rings (SSSR count). The summed E-state index contributed by atoms with van der Waals surface area (Å²) in [6.45, 7) is -0.0714. The SMILES string of the molecule is CN(Cc1cccc(Cl)c1Cl)C(=O)COc1ccccc1[N+](=O)[O-]. The zero-order valence-corrected chi connectivity index (χ0v) is 14.3. The molecule has 0 bridgehead atoms. The molecular weight excluding hydrogens is 355 g/mol. The normalized spacial score (nSPS) is 10.3. The molecule has 0 aliphatic carbocycles. The maximum absolute atomic E-state index is 12.2. The average Bonchev–Trinajstić information content (AvgIpc) is 2.56. The van der Waals surface area contributed by atoms with Gasteiger partial charge in [0.25, 0.3) is 5.91 Å². The summed E-state index contributed by atoms with van der Waals surface area (Å²) < 4.78 is 5.28. The van der Waals surface area contributed by atoms with Crippen molar-refractivity contribution in [1.29, 1.82) is 0 Å². The van der Waals surface area contributed by atoms with Crippen LogP contribution in [0, 0.1) is 10.1 Å². The summed E-state index contributed by atoms with van der Waals surface area (Å²) in [7, 11) is 1.59.